The third-order valence-corrected chi connectivity index (χ3v) is 7.60. The van der Waals surface area contributed by atoms with Crippen LogP contribution in [0.4, 0.5) is 17.6 Å². The Morgan fingerprint density at radius 1 is 1.08 bits per heavy atom. The zero-order valence-electron chi connectivity index (χ0n) is 22.8. The highest BCUT2D eigenvalue weighted by Gasteiger charge is 2.22. The largest absolute Gasteiger partial charge is 0.376 e. The molecule has 0 radical (unpaired) electrons. The fourth-order valence-corrected chi connectivity index (χ4v) is 5.29. The molecule has 206 valence electrons. The number of hydrogen-bond acceptors (Lipinski definition) is 9. The van der Waals surface area contributed by atoms with E-state index in [0.29, 0.717) is 6.54 Å². The average Bonchev–Trinajstić information content (AvgIpc) is 3.72. The molecule has 5 heterocycles. The van der Waals surface area contributed by atoms with Gasteiger partial charge in [-0.2, -0.15) is 15.1 Å². The second-order valence-electron chi connectivity index (χ2n) is 10.8. The lowest BCUT2D eigenvalue weighted by atomic mass is 10.1. The minimum atomic E-state index is 0.240. The molecule has 6 rings (SSSR count). The Morgan fingerprint density at radius 2 is 1.92 bits per heavy atom. The van der Waals surface area contributed by atoms with Gasteiger partial charge in [-0.3, -0.25) is 0 Å². The molecule has 2 aliphatic heterocycles. The van der Waals surface area contributed by atoms with E-state index >= 15 is 0 Å². The Kier molecular flexibility index (Phi) is 7.34. The Morgan fingerprint density at radius 3 is 2.72 bits per heavy atom. The summed E-state index contributed by atoms with van der Waals surface area (Å²) >= 11 is 0. The molecule has 11 nitrogen and oxygen atoms in total. The molecule has 0 aliphatic carbocycles. The maximum atomic E-state index is 6.15. The molecular weight excluding hydrogens is 492 g/mol. The number of fused-ring (bicyclic) bond motifs is 1. The highest BCUT2D eigenvalue weighted by atomic mass is 16.5. The number of ether oxygens (including phenoxy) is 1. The van der Waals surface area contributed by atoms with Crippen LogP contribution in [0.5, 0.6) is 0 Å². The number of anilines is 3. The van der Waals surface area contributed by atoms with Gasteiger partial charge in [-0.05, 0) is 51.2 Å². The van der Waals surface area contributed by atoms with E-state index in [4.69, 9.17) is 25.5 Å². The Hall–Kier alpha value is -3.70. The van der Waals surface area contributed by atoms with Crippen molar-refractivity contribution in [2.75, 3.05) is 41.8 Å². The summed E-state index contributed by atoms with van der Waals surface area (Å²) in [6.45, 7) is 8.18. The van der Waals surface area contributed by atoms with Crippen molar-refractivity contribution < 1.29 is 4.74 Å². The van der Waals surface area contributed by atoms with E-state index in [9.17, 15) is 0 Å². The summed E-state index contributed by atoms with van der Waals surface area (Å²) in [5.74, 6) is 2.30. The first kappa shape index (κ1) is 25.6. The molecule has 0 amide bonds. The maximum Gasteiger partial charge on any atom is 0.229 e. The van der Waals surface area contributed by atoms with Crippen molar-refractivity contribution in [2.24, 2.45) is 5.73 Å². The van der Waals surface area contributed by atoms with Crippen molar-refractivity contribution >= 4 is 28.7 Å². The molecular formula is C28H38N10O. The smallest absolute Gasteiger partial charge is 0.229 e. The number of nitrogens with two attached hydrogens (primary N) is 1. The van der Waals surface area contributed by atoms with Gasteiger partial charge in [-0.15, -0.1) is 0 Å². The van der Waals surface area contributed by atoms with Crippen LogP contribution in [-0.4, -0.2) is 67.7 Å². The fourth-order valence-electron chi connectivity index (χ4n) is 5.29. The van der Waals surface area contributed by atoms with Crippen molar-refractivity contribution in [2.45, 2.75) is 64.3 Å². The monoisotopic (exact) mass is 530 g/mol. The standard InChI is InChI=1S/C28H38N10O/c1-19(2)37-18-32-25-26(33-28(34-27(25)37)36-12-9-21(29)10-13-36)31-16-20-6-3-4-8-23(20)38-14-11-24(35-38)30-17-22-7-5-15-39-22/h3-4,6,8,11,14,18-19,21-22H,5,7,9-10,12-13,15-17,29H2,1-2H3,(H,30,35)(H,31,33,34). The van der Waals surface area contributed by atoms with Gasteiger partial charge in [-0.25, -0.2) is 9.67 Å². The summed E-state index contributed by atoms with van der Waals surface area (Å²) in [7, 11) is 0. The first-order valence-electron chi connectivity index (χ1n) is 14.0. The Bertz CT molecular complexity index is 1400. The van der Waals surface area contributed by atoms with Gasteiger partial charge in [0.2, 0.25) is 5.95 Å². The highest BCUT2D eigenvalue weighted by Crippen LogP contribution is 2.27. The van der Waals surface area contributed by atoms with Crippen molar-refractivity contribution in [3.8, 4) is 5.69 Å². The van der Waals surface area contributed by atoms with Gasteiger partial charge in [0, 0.05) is 57.1 Å². The average molecular weight is 531 g/mol. The molecule has 1 unspecified atom stereocenters. The summed E-state index contributed by atoms with van der Waals surface area (Å²) in [4.78, 5) is 16.8. The van der Waals surface area contributed by atoms with Crippen LogP contribution in [0.3, 0.4) is 0 Å². The molecule has 0 spiro atoms. The van der Waals surface area contributed by atoms with Crippen LogP contribution in [0.1, 0.15) is 51.1 Å². The van der Waals surface area contributed by atoms with E-state index in [1.807, 2.05) is 35.4 Å². The number of aromatic nitrogens is 6. The lowest BCUT2D eigenvalue weighted by Crippen LogP contribution is -2.40. The van der Waals surface area contributed by atoms with Gasteiger partial charge < -0.3 is 30.6 Å². The second-order valence-corrected chi connectivity index (χ2v) is 10.8. The van der Waals surface area contributed by atoms with E-state index in [2.05, 4.69) is 51.1 Å². The maximum absolute atomic E-state index is 6.15. The highest BCUT2D eigenvalue weighted by molar-refractivity contribution is 5.84. The van der Waals surface area contributed by atoms with Crippen LogP contribution in [0.2, 0.25) is 0 Å². The molecule has 1 aromatic carbocycles. The van der Waals surface area contributed by atoms with Gasteiger partial charge in [0.1, 0.15) is 5.82 Å². The number of rotatable bonds is 9. The lowest BCUT2D eigenvalue weighted by molar-refractivity contribution is 0.120. The number of nitrogens with zero attached hydrogens (tertiary/aromatic N) is 7. The SMILES string of the molecule is CC(C)n1cnc2c(NCc3ccccc3-n3ccc(NCC4CCCO4)n3)nc(N3CCC(N)CC3)nc21. The minimum Gasteiger partial charge on any atom is -0.376 e. The van der Waals surface area contributed by atoms with Crippen LogP contribution in [-0.2, 0) is 11.3 Å². The van der Waals surface area contributed by atoms with E-state index < -0.39 is 0 Å². The Balaban J connectivity index is 1.24. The molecule has 39 heavy (non-hydrogen) atoms. The number of hydrogen-bond donors (Lipinski definition) is 3. The van der Waals surface area contributed by atoms with Gasteiger partial charge >= 0.3 is 0 Å². The van der Waals surface area contributed by atoms with Crippen LogP contribution in [0, 0.1) is 0 Å². The zero-order valence-corrected chi connectivity index (χ0v) is 22.8. The normalized spacial score (nSPS) is 18.4. The van der Waals surface area contributed by atoms with Crippen molar-refractivity contribution in [1.82, 2.24) is 29.3 Å². The Labute approximate surface area is 228 Å². The summed E-state index contributed by atoms with van der Waals surface area (Å²) < 4.78 is 9.74. The van der Waals surface area contributed by atoms with Gasteiger partial charge in [0.05, 0.1) is 18.1 Å². The predicted molar refractivity (Wildman–Crippen MR) is 153 cm³/mol. The van der Waals surface area contributed by atoms with E-state index in [1.165, 1.54) is 0 Å². The minimum absolute atomic E-state index is 0.240. The van der Waals surface area contributed by atoms with Crippen molar-refractivity contribution in [3.05, 3.63) is 48.4 Å². The molecule has 2 aliphatic rings. The van der Waals surface area contributed by atoms with E-state index in [1.54, 1.807) is 0 Å². The zero-order chi connectivity index (χ0) is 26.8. The molecule has 3 aromatic heterocycles. The van der Waals surface area contributed by atoms with Crippen molar-refractivity contribution in [3.63, 3.8) is 0 Å². The first-order chi connectivity index (χ1) is 19.0. The number of nitrogens with one attached hydrogen (secondary N) is 2. The first-order valence-corrected chi connectivity index (χ1v) is 14.0. The molecule has 4 aromatic rings. The van der Waals surface area contributed by atoms with Gasteiger partial charge in [0.25, 0.3) is 0 Å². The molecule has 0 bridgehead atoms. The van der Waals surface area contributed by atoms with Gasteiger partial charge in [0.15, 0.2) is 17.0 Å². The van der Waals surface area contributed by atoms with Crippen LogP contribution in [0.15, 0.2) is 42.9 Å². The molecule has 0 saturated carbocycles. The second kappa shape index (κ2) is 11.2. The predicted octanol–water partition coefficient (Wildman–Crippen LogP) is 3.72. The number of piperidine rings is 1. The quantitative estimate of drug-likeness (QED) is 0.297. The summed E-state index contributed by atoms with van der Waals surface area (Å²) in [6.07, 6.45) is 8.22. The number of benzene rings is 1. The third-order valence-electron chi connectivity index (χ3n) is 7.60. The number of para-hydroxylation sites is 1. The van der Waals surface area contributed by atoms with E-state index in [0.717, 1.165) is 91.9 Å². The van der Waals surface area contributed by atoms with Gasteiger partial charge in [-0.1, -0.05) is 18.2 Å². The van der Waals surface area contributed by atoms with Crippen molar-refractivity contribution in [1.29, 1.82) is 0 Å². The third kappa shape index (κ3) is 5.55. The number of imidazole rings is 1. The molecule has 11 heteroatoms. The van der Waals surface area contributed by atoms with Crippen LogP contribution in [0.25, 0.3) is 16.9 Å². The molecule has 1 atom stereocenters. The van der Waals surface area contributed by atoms with E-state index in [-0.39, 0.29) is 18.2 Å². The summed E-state index contributed by atoms with van der Waals surface area (Å²) in [5.41, 5.74) is 9.89. The van der Waals surface area contributed by atoms with Crippen LogP contribution < -0.4 is 21.3 Å². The molecule has 2 fully saturated rings. The fraction of sp³-hybridized carbons (Fsp3) is 0.500. The summed E-state index contributed by atoms with van der Waals surface area (Å²) in [5, 5.41) is 11.8. The molecule has 2 saturated heterocycles. The summed E-state index contributed by atoms with van der Waals surface area (Å²) in [6, 6.07) is 10.8. The lowest BCUT2D eigenvalue weighted by Gasteiger charge is -2.30. The topological polar surface area (TPSA) is 124 Å². The molecule has 4 N–H and O–H groups in total. The van der Waals surface area contributed by atoms with Crippen LogP contribution >= 0.6 is 0 Å².